The van der Waals surface area contributed by atoms with E-state index in [1.807, 2.05) is 0 Å². The number of methoxy groups -OCH3 is 1. The van der Waals surface area contributed by atoms with Gasteiger partial charge in [0.25, 0.3) is 0 Å². The fraction of sp³-hybridized carbons (Fsp3) is 0.692. The van der Waals surface area contributed by atoms with E-state index in [1.165, 1.54) is 12.8 Å². The second-order valence-electron chi connectivity index (χ2n) is 5.34. The second kappa shape index (κ2) is 6.05. The average molecular weight is 329 g/mol. The maximum absolute atomic E-state index is 5.97. The van der Waals surface area contributed by atoms with Gasteiger partial charge in [-0.25, -0.2) is 4.98 Å². The van der Waals surface area contributed by atoms with Crippen LogP contribution in [-0.2, 0) is 0 Å². The minimum atomic E-state index is -0.0780. The van der Waals surface area contributed by atoms with Crippen molar-refractivity contribution in [1.29, 1.82) is 0 Å². The van der Waals surface area contributed by atoms with E-state index in [0.717, 1.165) is 23.2 Å². The van der Waals surface area contributed by atoms with Crippen LogP contribution in [-0.4, -0.2) is 29.2 Å². The molecule has 0 unspecified atom stereocenters. The molecule has 3 N–H and O–H groups in total. The highest BCUT2D eigenvalue weighted by molar-refractivity contribution is 9.10. The first-order chi connectivity index (χ1) is 9.08. The lowest BCUT2D eigenvalue weighted by Crippen LogP contribution is -2.48. The minimum Gasteiger partial charge on any atom is -0.480 e. The summed E-state index contributed by atoms with van der Waals surface area (Å²) in [5.74, 6) is 1.90. The van der Waals surface area contributed by atoms with Gasteiger partial charge in [0, 0.05) is 6.54 Å². The molecule has 106 valence electrons. The van der Waals surface area contributed by atoms with Crippen LogP contribution in [0, 0.1) is 5.92 Å². The molecule has 0 spiro atoms. The Bertz CT molecular complexity index is 433. The SMILES string of the molecule is COc1nc(NC2(CN)CCC(C)CC2)ncc1Br. The number of halogens is 1. The molecule has 5 nitrogen and oxygen atoms in total. The molecule has 19 heavy (non-hydrogen) atoms. The normalized spacial score (nSPS) is 27.1. The van der Waals surface area contributed by atoms with E-state index >= 15 is 0 Å². The molecular weight excluding hydrogens is 308 g/mol. The average Bonchev–Trinajstić information content (AvgIpc) is 2.44. The van der Waals surface area contributed by atoms with Crippen molar-refractivity contribution < 1.29 is 4.74 Å². The van der Waals surface area contributed by atoms with E-state index in [9.17, 15) is 0 Å². The van der Waals surface area contributed by atoms with Gasteiger partial charge in [-0.15, -0.1) is 0 Å². The van der Waals surface area contributed by atoms with Gasteiger partial charge in [0.1, 0.15) is 0 Å². The Hall–Kier alpha value is -0.880. The molecule has 1 aromatic rings. The van der Waals surface area contributed by atoms with Gasteiger partial charge in [-0.05, 0) is 47.5 Å². The van der Waals surface area contributed by atoms with E-state index in [4.69, 9.17) is 10.5 Å². The summed E-state index contributed by atoms with van der Waals surface area (Å²) in [6.07, 6.45) is 6.21. The summed E-state index contributed by atoms with van der Waals surface area (Å²) in [7, 11) is 1.60. The Kier molecular flexibility index (Phi) is 4.62. The molecule has 1 heterocycles. The number of anilines is 1. The number of nitrogens with one attached hydrogen (secondary N) is 1. The molecule has 0 bridgehead atoms. The van der Waals surface area contributed by atoms with Crippen molar-refractivity contribution in [2.75, 3.05) is 19.0 Å². The number of nitrogens with zero attached hydrogens (tertiary/aromatic N) is 2. The Morgan fingerprint density at radius 1 is 1.53 bits per heavy atom. The van der Waals surface area contributed by atoms with Crippen molar-refractivity contribution in [2.45, 2.75) is 38.1 Å². The summed E-state index contributed by atoms with van der Waals surface area (Å²) in [5.41, 5.74) is 5.90. The number of aromatic nitrogens is 2. The lowest BCUT2D eigenvalue weighted by Gasteiger charge is -2.39. The van der Waals surface area contributed by atoms with Crippen molar-refractivity contribution in [3.63, 3.8) is 0 Å². The van der Waals surface area contributed by atoms with E-state index in [1.54, 1.807) is 13.3 Å². The Balaban J connectivity index is 2.14. The maximum Gasteiger partial charge on any atom is 0.232 e. The predicted octanol–water partition coefficient (Wildman–Crippen LogP) is 2.57. The Morgan fingerprint density at radius 2 is 2.21 bits per heavy atom. The molecule has 1 fully saturated rings. The predicted molar refractivity (Wildman–Crippen MR) is 79.3 cm³/mol. The van der Waals surface area contributed by atoms with Crippen molar-refractivity contribution >= 4 is 21.9 Å². The zero-order valence-electron chi connectivity index (χ0n) is 11.4. The Labute approximate surface area is 122 Å². The number of hydrogen-bond acceptors (Lipinski definition) is 5. The number of rotatable bonds is 4. The molecule has 1 saturated carbocycles. The molecule has 0 amide bonds. The Morgan fingerprint density at radius 3 is 2.79 bits per heavy atom. The number of hydrogen-bond donors (Lipinski definition) is 2. The molecule has 1 aromatic heterocycles. The molecule has 6 heteroatoms. The van der Waals surface area contributed by atoms with Gasteiger partial charge in [-0.1, -0.05) is 6.92 Å². The first-order valence-electron chi connectivity index (χ1n) is 6.63. The quantitative estimate of drug-likeness (QED) is 0.888. The first kappa shape index (κ1) is 14.5. The van der Waals surface area contributed by atoms with Gasteiger partial charge in [0.2, 0.25) is 11.8 Å². The van der Waals surface area contributed by atoms with Crippen LogP contribution in [0.4, 0.5) is 5.95 Å². The minimum absolute atomic E-state index is 0.0780. The van der Waals surface area contributed by atoms with Gasteiger partial charge in [0.05, 0.1) is 23.3 Å². The van der Waals surface area contributed by atoms with E-state index < -0.39 is 0 Å². The van der Waals surface area contributed by atoms with Crippen LogP contribution in [0.1, 0.15) is 32.6 Å². The van der Waals surface area contributed by atoms with Crippen molar-refractivity contribution in [3.05, 3.63) is 10.7 Å². The highest BCUT2D eigenvalue weighted by atomic mass is 79.9. The monoisotopic (exact) mass is 328 g/mol. The fourth-order valence-electron chi connectivity index (χ4n) is 2.49. The molecule has 0 radical (unpaired) electrons. The van der Waals surface area contributed by atoms with Crippen molar-refractivity contribution in [2.24, 2.45) is 11.7 Å². The molecule has 0 aromatic carbocycles. The van der Waals surface area contributed by atoms with Crippen LogP contribution >= 0.6 is 15.9 Å². The van der Waals surface area contributed by atoms with Crippen LogP contribution in [0.25, 0.3) is 0 Å². The van der Waals surface area contributed by atoms with Crippen molar-refractivity contribution in [1.82, 2.24) is 9.97 Å². The second-order valence-corrected chi connectivity index (χ2v) is 6.20. The lowest BCUT2D eigenvalue weighted by atomic mass is 9.77. The van der Waals surface area contributed by atoms with Gasteiger partial charge in [-0.3, -0.25) is 0 Å². The molecular formula is C13H21BrN4O. The highest BCUT2D eigenvalue weighted by Crippen LogP contribution is 2.34. The summed E-state index contributed by atoms with van der Waals surface area (Å²) >= 11 is 3.35. The zero-order chi connectivity index (χ0) is 13.9. The van der Waals surface area contributed by atoms with Gasteiger partial charge in [-0.2, -0.15) is 4.98 Å². The summed E-state index contributed by atoms with van der Waals surface area (Å²) in [6, 6.07) is 0. The van der Waals surface area contributed by atoms with Crippen LogP contribution in [0.5, 0.6) is 5.88 Å². The molecule has 0 atom stereocenters. The highest BCUT2D eigenvalue weighted by Gasteiger charge is 2.33. The fourth-order valence-corrected chi connectivity index (χ4v) is 2.84. The smallest absolute Gasteiger partial charge is 0.232 e. The topological polar surface area (TPSA) is 73.1 Å². The van der Waals surface area contributed by atoms with Crippen molar-refractivity contribution in [3.8, 4) is 5.88 Å². The third-order valence-corrected chi connectivity index (χ3v) is 4.45. The molecule has 2 rings (SSSR count). The van der Waals surface area contributed by atoms with Crippen LogP contribution in [0.2, 0.25) is 0 Å². The maximum atomic E-state index is 5.97. The zero-order valence-corrected chi connectivity index (χ0v) is 13.0. The lowest BCUT2D eigenvalue weighted by molar-refractivity contribution is 0.270. The van der Waals surface area contributed by atoms with Crippen LogP contribution in [0.3, 0.4) is 0 Å². The summed E-state index contributed by atoms with van der Waals surface area (Å²) in [6.45, 7) is 2.89. The largest absolute Gasteiger partial charge is 0.480 e. The number of nitrogens with two attached hydrogens (primary N) is 1. The van der Waals surface area contributed by atoms with E-state index in [0.29, 0.717) is 18.4 Å². The molecule has 1 aliphatic rings. The molecule has 0 saturated heterocycles. The summed E-state index contributed by atoms with van der Waals surface area (Å²) in [4.78, 5) is 8.64. The van der Waals surface area contributed by atoms with Gasteiger partial charge in [0.15, 0.2) is 0 Å². The van der Waals surface area contributed by atoms with Crippen LogP contribution < -0.4 is 15.8 Å². The summed E-state index contributed by atoms with van der Waals surface area (Å²) in [5, 5.41) is 3.42. The van der Waals surface area contributed by atoms with Gasteiger partial charge < -0.3 is 15.8 Å². The molecule has 1 aliphatic carbocycles. The number of ether oxygens (including phenoxy) is 1. The first-order valence-corrected chi connectivity index (χ1v) is 7.42. The van der Waals surface area contributed by atoms with Gasteiger partial charge >= 0.3 is 0 Å². The van der Waals surface area contributed by atoms with Crippen LogP contribution in [0.15, 0.2) is 10.7 Å². The third kappa shape index (κ3) is 3.36. The standard InChI is InChI=1S/C13H21BrN4O/c1-9-3-5-13(8-15,6-4-9)18-12-16-7-10(14)11(17-12)19-2/h7,9H,3-6,8,15H2,1-2H3,(H,16,17,18). The third-order valence-electron chi connectivity index (χ3n) is 3.90. The molecule has 0 aliphatic heterocycles. The van der Waals surface area contributed by atoms with E-state index in [2.05, 4.69) is 38.1 Å². The van der Waals surface area contributed by atoms with E-state index in [-0.39, 0.29) is 5.54 Å². The summed E-state index contributed by atoms with van der Waals surface area (Å²) < 4.78 is 5.94.